The molecule has 2 atom stereocenters. The summed E-state index contributed by atoms with van der Waals surface area (Å²) in [6.07, 6.45) is -0.650. The molecule has 68 valence electrons. The Balaban J connectivity index is 3.24. The summed E-state index contributed by atoms with van der Waals surface area (Å²) >= 11 is 0. The molecule has 0 heterocycles. The maximum absolute atomic E-state index is 9.30. The second kappa shape index (κ2) is 5.52. The highest BCUT2D eigenvalue weighted by molar-refractivity contribution is 4.63. The fourth-order valence-corrected chi connectivity index (χ4v) is 0.676. The molecule has 0 radical (unpaired) electrons. The van der Waals surface area contributed by atoms with E-state index in [1.807, 2.05) is 13.8 Å². The Morgan fingerprint density at radius 2 is 1.64 bits per heavy atom. The first-order chi connectivity index (χ1) is 5.04. The third-order valence-electron chi connectivity index (χ3n) is 1.56. The van der Waals surface area contributed by atoms with Gasteiger partial charge in [-0.05, 0) is 12.8 Å². The van der Waals surface area contributed by atoms with Gasteiger partial charge in [0.2, 0.25) is 0 Å². The summed E-state index contributed by atoms with van der Waals surface area (Å²) in [5.74, 6) is 0.275. The predicted octanol–water partition coefficient (Wildman–Crippen LogP) is -0.0263. The SMILES string of the molecule is CC(C)C(O)CNC[C@H](C)O. The molecule has 1 unspecified atom stereocenters. The van der Waals surface area contributed by atoms with Gasteiger partial charge in [0, 0.05) is 13.1 Å². The van der Waals surface area contributed by atoms with Crippen LogP contribution in [-0.2, 0) is 0 Å². The quantitative estimate of drug-likeness (QED) is 0.531. The van der Waals surface area contributed by atoms with Crippen molar-refractivity contribution in [3.63, 3.8) is 0 Å². The minimum absolute atomic E-state index is 0.275. The van der Waals surface area contributed by atoms with Gasteiger partial charge in [0.25, 0.3) is 0 Å². The fourth-order valence-electron chi connectivity index (χ4n) is 0.676. The monoisotopic (exact) mass is 161 g/mol. The van der Waals surface area contributed by atoms with Gasteiger partial charge in [-0.2, -0.15) is 0 Å². The van der Waals surface area contributed by atoms with E-state index in [9.17, 15) is 5.11 Å². The van der Waals surface area contributed by atoms with Crippen LogP contribution in [0.1, 0.15) is 20.8 Å². The molecule has 0 aliphatic heterocycles. The van der Waals surface area contributed by atoms with Crippen LogP contribution in [0.25, 0.3) is 0 Å². The second-order valence-corrected chi connectivity index (χ2v) is 3.32. The molecule has 0 aliphatic carbocycles. The first kappa shape index (κ1) is 10.9. The van der Waals surface area contributed by atoms with Crippen LogP contribution >= 0.6 is 0 Å². The molecule has 0 saturated heterocycles. The van der Waals surface area contributed by atoms with Gasteiger partial charge >= 0.3 is 0 Å². The maximum Gasteiger partial charge on any atom is 0.0687 e. The number of rotatable bonds is 5. The van der Waals surface area contributed by atoms with Crippen molar-refractivity contribution in [2.75, 3.05) is 13.1 Å². The topological polar surface area (TPSA) is 52.5 Å². The van der Waals surface area contributed by atoms with Crippen LogP contribution in [0.3, 0.4) is 0 Å². The van der Waals surface area contributed by atoms with Gasteiger partial charge in [-0.3, -0.25) is 0 Å². The highest BCUT2D eigenvalue weighted by Crippen LogP contribution is 1.98. The standard InChI is InChI=1S/C8H19NO2/c1-6(2)8(11)5-9-4-7(3)10/h6-11H,4-5H2,1-3H3/t7-,8?/m0/s1. The molecular formula is C8H19NO2. The highest BCUT2D eigenvalue weighted by Gasteiger charge is 2.07. The Morgan fingerprint density at radius 1 is 1.09 bits per heavy atom. The summed E-state index contributed by atoms with van der Waals surface area (Å²) in [4.78, 5) is 0. The number of hydrogen-bond acceptors (Lipinski definition) is 3. The summed E-state index contributed by atoms with van der Waals surface area (Å²) in [6.45, 7) is 6.75. The summed E-state index contributed by atoms with van der Waals surface area (Å²) in [5, 5.41) is 21.1. The average molecular weight is 161 g/mol. The first-order valence-electron chi connectivity index (χ1n) is 4.11. The largest absolute Gasteiger partial charge is 0.392 e. The molecule has 0 amide bonds. The minimum atomic E-state index is -0.339. The third kappa shape index (κ3) is 6.28. The van der Waals surface area contributed by atoms with Gasteiger partial charge in [0.1, 0.15) is 0 Å². The van der Waals surface area contributed by atoms with Crippen molar-refractivity contribution in [1.82, 2.24) is 5.32 Å². The lowest BCUT2D eigenvalue weighted by molar-refractivity contribution is 0.116. The van der Waals surface area contributed by atoms with Crippen LogP contribution in [-0.4, -0.2) is 35.5 Å². The van der Waals surface area contributed by atoms with Crippen molar-refractivity contribution < 1.29 is 10.2 Å². The Kier molecular flexibility index (Phi) is 5.46. The van der Waals surface area contributed by atoms with Crippen LogP contribution < -0.4 is 5.32 Å². The van der Waals surface area contributed by atoms with Crippen LogP contribution in [0.4, 0.5) is 0 Å². The lowest BCUT2D eigenvalue weighted by Gasteiger charge is -2.15. The average Bonchev–Trinajstić information content (AvgIpc) is 1.86. The summed E-state index contributed by atoms with van der Waals surface area (Å²) in [7, 11) is 0. The lowest BCUT2D eigenvalue weighted by atomic mass is 10.1. The Labute approximate surface area is 68.4 Å². The van der Waals surface area contributed by atoms with E-state index < -0.39 is 0 Å². The van der Waals surface area contributed by atoms with E-state index >= 15 is 0 Å². The molecule has 0 fully saturated rings. The Bertz CT molecular complexity index is 94.1. The molecule has 0 bridgehead atoms. The van der Waals surface area contributed by atoms with Crippen molar-refractivity contribution in [1.29, 1.82) is 0 Å². The van der Waals surface area contributed by atoms with Crippen molar-refractivity contribution in [2.24, 2.45) is 5.92 Å². The summed E-state index contributed by atoms with van der Waals surface area (Å²) < 4.78 is 0. The molecule has 11 heavy (non-hydrogen) atoms. The molecule has 3 nitrogen and oxygen atoms in total. The van der Waals surface area contributed by atoms with Crippen LogP contribution in [0.2, 0.25) is 0 Å². The molecule has 0 spiro atoms. The fraction of sp³-hybridized carbons (Fsp3) is 1.00. The zero-order chi connectivity index (χ0) is 8.85. The number of hydrogen-bond donors (Lipinski definition) is 3. The van der Waals surface area contributed by atoms with E-state index in [4.69, 9.17) is 5.11 Å². The maximum atomic E-state index is 9.30. The normalized spacial score (nSPS) is 16.9. The van der Waals surface area contributed by atoms with Crippen molar-refractivity contribution in [3.05, 3.63) is 0 Å². The Hall–Kier alpha value is -0.120. The van der Waals surface area contributed by atoms with E-state index in [1.165, 1.54) is 0 Å². The van der Waals surface area contributed by atoms with Crippen LogP contribution in [0.15, 0.2) is 0 Å². The highest BCUT2D eigenvalue weighted by atomic mass is 16.3. The number of aliphatic hydroxyl groups excluding tert-OH is 2. The molecule has 0 aliphatic rings. The predicted molar refractivity (Wildman–Crippen MR) is 45.4 cm³/mol. The van der Waals surface area contributed by atoms with E-state index in [0.717, 1.165) is 0 Å². The van der Waals surface area contributed by atoms with Crippen molar-refractivity contribution in [3.8, 4) is 0 Å². The minimum Gasteiger partial charge on any atom is -0.392 e. The van der Waals surface area contributed by atoms with Gasteiger partial charge in [-0.25, -0.2) is 0 Å². The Morgan fingerprint density at radius 3 is 2.00 bits per heavy atom. The van der Waals surface area contributed by atoms with E-state index in [2.05, 4.69) is 5.32 Å². The molecule has 0 aromatic heterocycles. The molecular weight excluding hydrogens is 142 g/mol. The zero-order valence-corrected chi connectivity index (χ0v) is 7.54. The molecule has 3 N–H and O–H groups in total. The van der Waals surface area contributed by atoms with Gasteiger partial charge in [-0.15, -0.1) is 0 Å². The van der Waals surface area contributed by atoms with Gasteiger partial charge in [-0.1, -0.05) is 13.8 Å². The first-order valence-corrected chi connectivity index (χ1v) is 4.11. The summed E-state index contributed by atoms with van der Waals surface area (Å²) in [5.41, 5.74) is 0. The van der Waals surface area contributed by atoms with Gasteiger partial charge in [0.05, 0.1) is 12.2 Å². The van der Waals surface area contributed by atoms with Crippen LogP contribution in [0, 0.1) is 5.92 Å². The smallest absolute Gasteiger partial charge is 0.0687 e. The molecule has 0 aromatic rings. The van der Waals surface area contributed by atoms with E-state index in [0.29, 0.717) is 13.1 Å². The molecule has 0 saturated carbocycles. The number of aliphatic hydroxyl groups is 2. The second-order valence-electron chi connectivity index (χ2n) is 3.32. The number of nitrogens with one attached hydrogen (secondary N) is 1. The van der Waals surface area contributed by atoms with E-state index in [-0.39, 0.29) is 18.1 Å². The summed E-state index contributed by atoms with van der Waals surface area (Å²) in [6, 6.07) is 0. The van der Waals surface area contributed by atoms with Gasteiger partial charge < -0.3 is 15.5 Å². The lowest BCUT2D eigenvalue weighted by Crippen LogP contribution is -2.34. The van der Waals surface area contributed by atoms with E-state index in [1.54, 1.807) is 6.92 Å². The van der Waals surface area contributed by atoms with Crippen molar-refractivity contribution in [2.45, 2.75) is 33.0 Å². The van der Waals surface area contributed by atoms with Crippen molar-refractivity contribution >= 4 is 0 Å². The van der Waals surface area contributed by atoms with Crippen LogP contribution in [0.5, 0.6) is 0 Å². The molecule has 3 heteroatoms. The third-order valence-corrected chi connectivity index (χ3v) is 1.56. The van der Waals surface area contributed by atoms with Gasteiger partial charge in [0.15, 0.2) is 0 Å². The molecule has 0 rings (SSSR count). The molecule has 0 aromatic carbocycles. The zero-order valence-electron chi connectivity index (χ0n) is 7.54.